The molecule has 156 valence electrons. The quantitative estimate of drug-likeness (QED) is 0.453. The molecule has 2 aliphatic rings. The summed E-state index contributed by atoms with van der Waals surface area (Å²) in [5.74, 6) is -0.367. The summed E-state index contributed by atoms with van der Waals surface area (Å²) in [6.07, 6.45) is 12.2. The van der Waals surface area contributed by atoms with Crippen LogP contribution in [0.1, 0.15) is 76.2 Å². The van der Waals surface area contributed by atoms with Gasteiger partial charge in [-0.3, -0.25) is 0 Å². The van der Waals surface area contributed by atoms with Gasteiger partial charge in [-0.1, -0.05) is 56.9 Å². The standard InChI is InChI=1S/C26H31F3/c1-17-2-4-18(5-3-17)14-19-6-8-20(9-7-19)21-10-12-22(13-11-21)23-15-24(27)26(29)25(28)16-23/h10-13,15-20H,2-9,14H2,1H3. The molecule has 0 spiro atoms. The Hall–Kier alpha value is -1.77. The van der Waals surface area contributed by atoms with Crippen LogP contribution in [0.3, 0.4) is 0 Å². The van der Waals surface area contributed by atoms with Gasteiger partial charge in [-0.05, 0) is 84.6 Å². The van der Waals surface area contributed by atoms with Gasteiger partial charge < -0.3 is 0 Å². The fourth-order valence-electron chi connectivity index (χ4n) is 5.44. The second kappa shape index (κ2) is 8.93. The van der Waals surface area contributed by atoms with E-state index in [-0.39, 0.29) is 0 Å². The molecule has 0 aliphatic heterocycles. The number of hydrogen-bond donors (Lipinski definition) is 0. The van der Waals surface area contributed by atoms with Crippen molar-refractivity contribution >= 4 is 0 Å². The first-order valence-electron chi connectivity index (χ1n) is 11.2. The molecule has 0 aromatic heterocycles. The van der Waals surface area contributed by atoms with Gasteiger partial charge in [-0.25, -0.2) is 13.2 Å². The summed E-state index contributed by atoms with van der Waals surface area (Å²) in [5, 5.41) is 0. The normalized spacial score (nSPS) is 27.7. The first kappa shape index (κ1) is 20.5. The van der Waals surface area contributed by atoms with Gasteiger partial charge in [0.05, 0.1) is 0 Å². The van der Waals surface area contributed by atoms with Crippen LogP contribution in [-0.2, 0) is 0 Å². The molecule has 0 heterocycles. The van der Waals surface area contributed by atoms with Gasteiger partial charge in [-0.15, -0.1) is 0 Å². The van der Waals surface area contributed by atoms with Gasteiger partial charge in [0.1, 0.15) is 0 Å². The summed E-state index contributed by atoms with van der Waals surface area (Å²) >= 11 is 0. The first-order valence-corrected chi connectivity index (χ1v) is 11.2. The van der Waals surface area contributed by atoms with Crippen LogP contribution in [0.4, 0.5) is 13.2 Å². The third kappa shape index (κ3) is 4.87. The zero-order valence-electron chi connectivity index (χ0n) is 17.3. The molecular weight excluding hydrogens is 369 g/mol. The van der Waals surface area contributed by atoms with E-state index in [9.17, 15) is 13.2 Å². The molecule has 2 saturated carbocycles. The zero-order valence-corrected chi connectivity index (χ0v) is 17.3. The van der Waals surface area contributed by atoms with Crippen molar-refractivity contribution in [3.8, 4) is 11.1 Å². The van der Waals surface area contributed by atoms with E-state index in [1.54, 1.807) is 0 Å². The van der Waals surface area contributed by atoms with E-state index < -0.39 is 17.5 Å². The lowest BCUT2D eigenvalue weighted by atomic mass is 9.72. The van der Waals surface area contributed by atoms with Crippen molar-refractivity contribution in [2.75, 3.05) is 0 Å². The van der Waals surface area contributed by atoms with E-state index in [4.69, 9.17) is 0 Å². The third-order valence-electron chi connectivity index (χ3n) is 7.35. The van der Waals surface area contributed by atoms with Crippen LogP contribution in [0.25, 0.3) is 11.1 Å². The zero-order chi connectivity index (χ0) is 20.4. The van der Waals surface area contributed by atoms with Crippen molar-refractivity contribution in [2.24, 2.45) is 17.8 Å². The highest BCUT2D eigenvalue weighted by Crippen LogP contribution is 2.41. The van der Waals surface area contributed by atoms with Gasteiger partial charge >= 0.3 is 0 Å². The SMILES string of the molecule is CC1CCC(CC2CCC(c3ccc(-c4cc(F)c(F)c(F)c4)cc3)CC2)CC1. The van der Waals surface area contributed by atoms with Crippen LogP contribution >= 0.6 is 0 Å². The van der Waals surface area contributed by atoms with Crippen LogP contribution < -0.4 is 0 Å². The minimum atomic E-state index is -1.41. The maximum absolute atomic E-state index is 13.5. The molecule has 0 atom stereocenters. The lowest BCUT2D eigenvalue weighted by Gasteiger charge is -2.33. The summed E-state index contributed by atoms with van der Waals surface area (Å²) in [4.78, 5) is 0. The molecule has 0 bridgehead atoms. The Balaban J connectivity index is 1.33. The van der Waals surface area contributed by atoms with Crippen molar-refractivity contribution in [3.63, 3.8) is 0 Å². The van der Waals surface area contributed by atoms with Gasteiger partial charge in [0.2, 0.25) is 0 Å². The molecule has 3 heteroatoms. The molecule has 2 aromatic rings. The molecule has 2 aliphatic carbocycles. The van der Waals surface area contributed by atoms with Gasteiger partial charge in [0, 0.05) is 0 Å². The molecule has 0 radical (unpaired) electrons. The molecule has 29 heavy (non-hydrogen) atoms. The van der Waals surface area contributed by atoms with Crippen LogP contribution in [0.15, 0.2) is 36.4 Å². The molecule has 2 fully saturated rings. The fourth-order valence-corrected chi connectivity index (χ4v) is 5.44. The lowest BCUT2D eigenvalue weighted by molar-refractivity contribution is 0.211. The van der Waals surface area contributed by atoms with Gasteiger partial charge in [-0.2, -0.15) is 0 Å². The van der Waals surface area contributed by atoms with Crippen molar-refractivity contribution < 1.29 is 13.2 Å². The highest BCUT2D eigenvalue weighted by molar-refractivity contribution is 5.64. The average molecular weight is 401 g/mol. The lowest BCUT2D eigenvalue weighted by Crippen LogP contribution is -2.19. The number of hydrogen-bond acceptors (Lipinski definition) is 0. The van der Waals surface area contributed by atoms with Crippen molar-refractivity contribution in [1.29, 1.82) is 0 Å². The molecule has 0 saturated heterocycles. The third-order valence-corrected chi connectivity index (χ3v) is 7.35. The molecule has 4 rings (SSSR count). The molecule has 0 unspecified atom stereocenters. The minimum Gasteiger partial charge on any atom is -0.204 e. The number of halogens is 3. The van der Waals surface area contributed by atoms with Crippen molar-refractivity contribution in [1.82, 2.24) is 0 Å². The van der Waals surface area contributed by atoms with E-state index >= 15 is 0 Å². The minimum absolute atomic E-state index is 0.374. The van der Waals surface area contributed by atoms with Crippen LogP contribution in [0.2, 0.25) is 0 Å². The molecule has 0 nitrogen and oxygen atoms in total. The maximum Gasteiger partial charge on any atom is 0.194 e. The largest absolute Gasteiger partial charge is 0.204 e. The molecule has 0 amide bonds. The fraction of sp³-hybridized carbons (Fsp3) is 0.538. The first-order chi connectivity index (χ1) is 14.0. The summed E-state index contributed by atoms with van der Waals surface area (Å²) in [7, 11) is 0. The Kier molecular flexibility index (Phi) is 6.32. The van der Waals surface area contributed by atoms with Gasteiger partial charge in [0.25, 0.3) is 0 Å². The predicted octanol–water partition coefficient (Wildman–Crippen LogP) is 8.26. The van der Waals surface area contributed by atoms with Gasteiger partial charge in [0.15, 0.2) is 17.5 Å². The Labute approximate surface area is 172 Å². The van der Waals surface area contributed by atoms with E-state index in [1.165, 1.54) is 63.4 Å². The monoisotopic (exact) mass is 400 g/mol. The Morgan fingerprint density at radius 2 is 1.21 bits per heavy atom. The van der Waals surface area contributed by atoms with Crippen LogP contribution in [-0.4, -0.2) is 0 Å². The smallest absolute Gasteiger partial charge is 0.194 e. The topological polar surface area (TPSA) is 0 Å². The number of rotatable bonds is 4. The van der Waals surface area contributed by atoms with Crippen LogP contribution in [0.5, 0.6) is 0 Å². The van der Waals surface area contributed by atoms with E-state index in [0.717, 1.165) is 29.9 Å². The summed E-state index contributed by atoms with van der Waals surface area (Å²) in [6.45, 7) is 2.38. The van der Waals surface area contributed by atoms with E-state index in [0.29, 0.717) is 17.0 Å². The second-order valence-corrected chi connectivity index (χ2v) is 9.46. The highest BCUT2D eigenvalue weighted by Gasteiger charge is 2.26. The Bertz CT molecular complexity index is 787. The Morgan fingerprint density at radius 3 is 1.76 bits per heavy atom. The maximum atomic E-state index is 13.5. The summed E-state index contributed by atoms with van der Waals surface area (Å²) in [6, 6.07) is 10.1. The van der Waals surface area contributed by atoms with Crippen molar-refractivity contribution in [2.45, 2.75) is 70.6 Å². The summed E-state index contributed by atoms with van der Waals surface area (Å²) in [5.41, 5.74) is 2.40. The van der Waals surface area contributed by atoms with E-state index in [2.05, 4.69) is 19.1 Å². The average Bonchev–Trinajstić information content (AvgIpc) is 2.74. The number of benzene rings is 2. The molecular formula is C26H31F3. The van der Waals surface area contributed by atoms with Crippen LogP contribution in [0, 0.1) is 35.2 Å². The predicted molar refractivity (Wildman–Crippen MR) is 112 cm³/mol. The van der Waals surface area contributed by atoms with E-state index in [1.807, 2.05) is 12.1 Å². The molecule has 0 N–H and O–H groups in total. The Morgan fingerprint density at radius 1 is 0.690 bits per heavy atom. The van der Waals surface area contributed by atoms with Crippen molar-refractivity contribution in [3.05, 3.63) is 59.4 Å². The molecule has 2 aromatic carbocycles. The highest BCUT2D eigenvalue weighted by atomic mass is 19.2. The second-order valence-electron chi connectivity index (χ2n) is 9.46. The summed E-state index contributed by atoms with van der Waals surface area (Å²) < 4.78 is 40.2.